The molecule has 0 amide bonds. The van der Waals surface area contributed by atoms with Gasteiger partial charge in [0.15, 0.2) is 0 Å². The minimum Gasteiger partial charge on any atom is -0.507 e. The number of hydrogen-bond acceptors (Lipinski definition) is 3. The molecular weight excluding hydrogens is 218 g/mol. The fourth-order valence-corrected chi connectivity index (χ4v) is 1.91. The Labute approximate surface area is 101 Å². The molecule has 0 aliphatic rings. The molecular formula is C13H17NOS. The Morgan fingerprint density at radius 2 is 2.31 bits per heavy atom. The number of terminal acetylenes is 1. The molecule has 0 spiro atoms. The lowest BCUT2D eigenvalue weighted by atomic mass is 10.1. The molecule has 1 aromatic rings. The molecule has 1 rings (SSSR count). The highest BCUT2D eigenvalue weighted by atomic mass is 32.2. The van der Waals surface area contributed by atoms with Crippen molar-refractivity contribution in [3.05, 3.63) is 29.3 Å². The highest BCUT2D eigenvalue weighted by molar-refractivity contribution is 7.99. The number of para-hydroxylation sites is 1. The fourth-order valence-electron chi connectivity index (χ4n) is 1.36. The number of thioether (sulfide) groups is 1. The summed E-state index contributed by atoms with van der Waals surface area (Å²) >= 11 is 1.73. The summed E-state index contributed by atoms with van der Waals surface area (Å²) in [4.78, 5) is 0. The van der Waals surface area contributed by atoms with Crippen molar-refractivity contribution in [1.82, 2.24) is 5.32 Å². The van der Waals surface area contributed by atoms with Crippen LogP contribution in [0.25, 0.3) is 0 Å². The third-order valence-corrected chi connectivity index (χ3v) is 3.11. The highest BCUT2D eigenvalue weighted by Crippen LogP contribution is 2.20. The van der Waals surface area contributed by atoms with Gasteiger partial charge in [0.25, 0.3) is 0 Å². The van der Waals surface area contributed by atoms with E-state index in [1.54, 1.807) is 11.8 Å². The summed E-state index contributed by atoms with van der Waals surface area (Å²) in [5, 5.41) is 13.0. The number of aryl methyl sites for hydroxylation is 1. The van der Waals surface area contributed by atoms with E-state index in [0.717, 1.165) is 29.2 Å². The maximum absolute atomic E-state index is 9.77. The van der Waals surface area contributed by atoms with Crippen molar-refractivity contribution in [3.63, 3.8) is 0 Å². The van der Waals surface area contributed by atoms with Crippen LogP contribution in [0.5, 0.6) is 5.75 Å². The first-order valence-corrected chi connectivity index (χ1v) is 6.40. The van der Waals surface area contributed by atoms with Gasteiger partial charge in [0, 0.05) is 24.4 Å². The summed E-state index contributed by atoms with van der Waals surface area (Å²) < 4.78 is 0. The van der Waals surface area contributed by atoms with Gasteiger partial charge in [-0.05, 0) is 12.5 Å². The Hall–Kier alpha value is -1.11. The Morgan fingerprint density at radius 1 is 1.50 bits per heavy atom. The first kappa shape index (κ1) is 13.0. The summed E-state index contributed by atoms with van der Waals surface area (Å²) in [6.45, 7) is 3.51. The van der Waals surface area contributed by atoms with Crippen LogP contribution < -0.4 is 5.32 Å². The number of aromatic hydroxyl groups is 1. The zero-order chi connectivity index (χ0) is 11.8. The molecule has 0 saturated carbocycles. The van der Waals surface area contributed by atoms with Crippen LogP contribution in [0.1, 0.15) is 11.1 Å². The number of phenols is 1. The van der Waals surface area contributed by atoms with Crippen LogP contribution in [0, 0.1) is 19.3 Å². The van der Waals surface area contributed by atoms with Crippen LogP contribution >= 0.6 is 11.8 Å². The SMILES string of the molecule is C#CCSCCNCc1cccc(C)c1O. The third-order valence-electron chi connectivity index (χ3n) is 2.25. The zero-order valence-electron chi connectivity index (χ0n) is 9.49. The number of rotatable bonds is 6. The number of benzene rings is 1. The minimum atomic E-state index is 0.395. The molecule has 0 atom stereocenters. The van der Waals surface area contributed by atoms with Gasteiger partial charge in [-0.25, -0.2) is 0 Å². The second-order valence-corrected chi connectivity index (χ2v) is 4.62. The van der Waals surface area contributed by atoms with Gasteiger partial charge in [-0.1, -0.05) is 24.1 Å². The van der Waals surface area contributed by atoms with Crippen LogP contribution in [0.4, 0.5) is 0 Å². The van der Waals surface area contributed by atoms with Crippen LogP contribution in [0.3, 0.4) is 0 Å². The van der Waals surface area contributed by atoms with Crippen molar-refractivity contribution in [3.8, 4) is 18.1 Å². The summed E-state index contributed by atoms with van der Waals surface area (Å²) in [6, 6.07) is 5.80. The second-order valence-electron chi connectivity index (χ2n) is 3.52. The summed E-state index contributed by atoms with van der Waals surface area (Å²) in [5.41, 5.74) is 1.86. The molecule has 0 fully saturated rings. The molecule has 86 valence electrons. The molecule has 1 aromatic carbocycles. The number of hydrogen-bond donors (Lipinski definition) is 2. The van der Waals surface area contributed by atoms with E-state index in [0.29, 0.717) is 12.3 Å². The van der Waals surface area contributed by atoms with Crippen LogP contribution in [0.15, 0.2) is 18.2 Å². The average molecular weight is 235 g/mol. The van der Waals surface area contributed by atoms with E-state index in [1.807, 2.05) is 25.1 Å². The Morgan fingerprint density at radius 3 is 3.06 bits per heavy atom. The molecule has 0 radical (unpaired) electrons. The van der Waals surface area contributed by atoms with E-state index in [9.17, 15) is 5.11 Å². The smallest absolute Gasteiger partial charge is 0.122 e. The molecule has 0 unspecified atom stereocenters. The Bertz CT molecular complexity index is 371. The number of phenolic OH excluding ortho intramolecular Hbond substituents is 1. The first-order valence-electron chi connectivity index (χ1n) is 5.25. The third kappa shape index (κ3) is 4.18. The zero-order valence-corrected chi connectivity index (χ0v) is 10.3. The maximum atomic E-state index is 9.77. The highest BCUT2D eigenvalue weighted by Gasteiger charge is 2.02. The average Bonchev–Trinajstić information content (AvgIpc) is 2.29. The van der Waals surface area contributed by atoms with Gasteiger partial charge in [-0.3, -0.25) is 0 Å². The minimum absolute atomic E-state index is 0.395. The molecule has 2 N–H and O–H groups in total. The molecule has 0 aliphatic carbocycles. The van der Waals surface area contributed by atoms with E-state index in [-0.39, 0.29) is 0 Å². The maximum Gasteiger partial charge on any atom is 0.122 e. The normalized spacial score (nSPS) is 10.0. The second kappa shape index (κ2) is 7.21. The number of nitrogens with one attached hydrogen (secondary N) is 1. The first-order chi connectivity index (χ1) is 7.75. The molecule has 3 heteroatoms. The van der Waals surface area contributed by atoms with Gasteiger partial charge in [-0.15, -0.1) is 18.2 Å². The summed E-state index contributed by atoms with van der Waals surface area (Å²) in [5.74, 6) is 4.74. The van der Waals surface area contributed by atoms with Crippen LogP contribution in [-0.2, 0) is 6.54 Å². The topological polar surface area (TPSA) is 32.3 Å². The molecule has 0 bridgehead atoms. The van der Waals surface area contributed by atoms with Crippen molar-refractivity contribution in [2.75, 3.05) is 18.1 Å². The molecule has 0 aliphatic heterocycles. The summed E-state index contributed by atoms with van der Waals surface area (Å²) in [6.07, 6.45) is 5.15. The van der Waals surface area contributed by atoms with E-state index < -0.39 is 0 Å². The van der Waals surface area contributed by atoms with Gasteiger partial charge >= 0.3 is 0 Å². The molecule has 0 aromatic heterocycles. The van der Waals surface area contributed by atoms with E-state index in [1.165, 1.54) is 0 Å². The van der Waals surface area contributed by atoms with Gasteiger partial charge in [0.05, 0.1) is 5.75 Å². The van der Waals surface area contributed by atoms with Crippen molar-refractivity contribution < 1.29 is 5.11 Å². The quantitative estimate of drug-likeness (QED) is 0.585. The lowest BCUT2D eigenvalue weighted by Gasteiger charge is -2.08. The summed E-state index contributed by atoms with van der Waals surface area (Å²) in [7, 11) is 0. The van der Waals surface area contributed by atoms with Gasteiger partial charge in [0.2, 0.25) is 0 Å². The Kier molecular flexibility index (Phi) is 5.84. The predicted molar refractivity (Wildman–Crippen MR) is 70.7 cm³/mol. The Balaban J connectivity index is 2.27. The molecule has 0 saturated heterocycles. The van der Waals surface area contributed by atoms with Gasteiger partial charge in [-0.2, -0.15) is 0 Å². The van der Waals surface area contributed by atoms with Crippen LogP contribution in [0.2, 0.25) is 0 Å². The van der Waals surface area contributed by atoms with Crippen molar-refractivity contribution in [2.45, 2.75) is 13.5 Å². The predicted octanol–water partition coefficient (Wildman–Crippen LogP) is 2.16. The van der Waals surface area contributed by atoms with Crippen LogP contribution in [-0.4, -0.2) is 23.2 Å². The lowest BCUT2D eigenvalue weighted by Crippen LogP contribution is -2.16. The monoisotopic (exact) mass is 235 g/mol. The fraction of sp³-hybridized carbons (Fsp3) is 0.385. The standard InChI is InChI=1S/C13H17NOS/c1-3-8-16-9-7-14-10-12-6-4-5-11(2)13(12)15/h1,4-6,14-15H,7-10H2,2H3. The van der Waals surface area contributed by atoms with Gasteiger partial charge in [0.1, 0.15) is 5.75 Å². The van der Waals surface area contributed by atoms with Gasteiger partial charge < -0.3 is 10.4 Å². The van der Waals surface area contributed by atoms with Crippen molar-refractivity contribution in [2.24, 2.45) is 0 Å². The van der Waals surface area contributed by atoms with Crippen molar-refractivity contribution >= 4 is 11.8 Å². The lowest BCUT2D eigenvalue weighted by molar-refractivity contribution is 0.461. The van der Waals surface area contributed by atoms with E-state index in [2.05, 4.69) is 11.2 Å². The van der Waals surface area contributed by atoms with E-state index in [4.69, 9.17) is 6.42 Å². The van der Waals surface area contributed by atoms with Crippen molar-refractivity contribution in [1.29, 1.82) is 0 Å². The molecule has 2 nitrogen and oxygen atoms in total. The molecule has 16 heavy (non-hydrogen) atoms. The molecule has 0 heterocycles. The van der Waals surface area contributed by atoms with E-state index >= 15 is 0 Å². The largest absolute Gasteiger partial charge is 0.507 e.